The van der Waals surface area contributed by atoms with Crippen LogP contribution in [0.3, 0.4) is 0 Å². The van der Waals surface area contributed by atoms with Gasteiger partial charge in [0, 0.05) is 24.4 Å². The second-order valence-corrected chi connectivity index (χ2v) is 6.83. The molecule has 0 saturated heterocycles. The van der Waals surface area contributed by atoms with E-state index in [2.05, 4.69) is 22.3 Å². The van der Waals surface area contributed by atoms with Gasteiger partial charge in [-0.15, -0.1) is 0 Å². The summed E-state index contributed by atoms with van der Waals surface area (Å²) in [7, 11) is 0. The summed E-state index contributed by atoms with van der Waals surface area (Å²) in [5, 5.41) is 14.0. The van der Waals surface area contributed by atoms with Crippen LogP contribution in [0.2, 0.25) is 5.02 Å². The van der Waals surface area contributed by atoms with Gasteiger partial charge in [-0.25, -0.2) is 0 Å². The van der Waals surface area contributed by atoms with Gasteiger partial charge in [-0.1, -0.05) is 41.9 Å². The number of nitrogens with one attached hydrogen (secondary N) is 1. The number of benzene rings is 3. The second-order valence-electron chi connectivity index (χ2n) is 6.42. The van der Waals surface area contributed by atoms with Gasteiger partial charge in [0.25, 0.3) is 11.6 Å². The maximum atomic E-state index is 12.8. The first-order chi connectivity index (χ1) is 13.5. The number of nitro benzene ring substituents is 1. The molecule has 1 heterocycles. The third-order valence-electron chi connectivity index (χ3n) is 4.74. The summed E-state index contributed by atoms with van der Waals surface area (Å²) < 4.78 is 0. The third kappa shape index (κ3) is 3.30. The van der Waals surface area contributed by atoms with Crippen LogP contribution in [0.4, 0.5) is 22.7 Å². The molecule has 1 aliphatic rings. The fourth-order valence-corrected chi connectivity index (χ4v) is 3.60. The van der Waals surface area contributed by atoms with Gasteiger partial charge in [0.2, 0.25) is 0 Å². The number of hydrogen-bond donors (Lipinski definition) is 1. The summed E-state index contributed by atoms with van der Waals surface area (Å²) in [6.07, 6.45) is 0.926. The van der Waals surface area contributed by atoms with Gasteiger partial charge in [0.15, 0.2) is 0 Å². The van der Waals surface area contributed by atoms with E-state index < -0.39 is 10.8 Å². The van der Waals surface area contributed by atoms with E-state index in [-0.39, 0.29) is 16.3 Å². The zero-order chi connectivity index (χ0) is 19.7. The van der Waals surface area contributed by atoms with E-state index >= 15 is 0 Å². The first-order valence-corrected chi connectivity index (χ1v) is 9.12. The van der Waals surface area contributed by atoms with Crippen LogP contribution in [0, 0.1) is 10.1 Å². The van der Waals surface area contributed by atoms with Crippen molar-refractivity contribution in [3.05, 3.63) is 93.0 Å². The normalized spacial score (nSPS) is 12.5. The van der Waals surface area contributed by atoms with Gasteiger partial charge in [-0.05, 0) is 36.2 Å². The maximum Gasteiger partial charge on any atom is 0.270 e. The van der Waals surface area contributed by atoms with Gasteiger partial charge in [-0.3, -0.25) is 14.9 Å². The molecule has 6 nitrogen and oxygen atoms in total. The standard InChI is InChI=1S/C21H16ClN3O3/c22-17-10-9-15(25(27)28)13-16(17)21(26)23-18-6-2-4-8-20(18)24-12-11-14-5-1-3-7-19(14)24/h1-10,13H,11-12H2,(H,23,26). The zero-order valence-corrected chi connectivity index (χ0v) is 15.5. The molecular weight excluding hydrogens is 378 g/mol. The SMILES string of the molecule is O=C(Nc1ccccc1N1CCc2ccccc21)c1cc([N+](=O)[O-])ccc1Cl. The van der Waals surface area contributed by atoms with Crippen molar-refractivity contribution >= 4 is 40.3 Å². The lowest BCUT2D eigenvalue weighted by atomic mass is 10.1. The van der Waals surface area contributed by atoms with E-state index in [1.807, 2.05) is 30.3 Å². The molecule has 3 aromatic rings. The Labute approximate surface area is 166 Å². The predicted octanol–water partition coefficient (Wildman–Crippen LogP) is 5.19. The molecule has 0 unspecified atom stereocenters. The lowest BCUT2D eigenvalue weighted by molar-refractivity contribution is -0.384. The van der Waals surface area contributed by atoms with E-state index in [4.69, 9.17) is 11.6 Å². The Bertz CT molecular complexity index is 1080. The number of carbonyl (C=O) groups is 1. The molecule has 1 amide bonds. The van der Waals surface area contributed by atoms with Crippen molar-refractivity contribution in [2.45, 2.75) is 6.42 Å². The average molecular weight is 394 g/mol. The maximum absolute atomic E-state index is 12.8. The number of nitrogens with zero attached hydrogens (tertiary/aromatic N) is 2. The summed E-state index contributed by atoms with van der Waals surface area (Å²) in [6.45, 7) is 0.809. The molecule has 140 valence electrons. The number of para-hydroxylation sites is 3. The number of anilines is 3. The number of amides is 1. The van der Waals surface area contributed by atoms with Gasteiger partial charge in [0.05, 0.1) is 26.9 Å². The number of non-ortho nitro benzene ring substituents is 1. The minimum Gasteiger partial charge on any atom is -0.339 e. The van der Waals surface area contributed by atoms with Gasteiger partial charge >= 0.3 is 0 Å². The quantitative estimate of drug-likeness (QED) is 0.488. The van der Waals surface area contributed by atoms with Gasteiger partial charge in [0.1, 0.15) is 0 Å². The van der Waals surface area contributed by atoms with E-state index in [0.717, 1.165) is 24.3 Å². The van der Waals surface area contributed by atoms with Crippen molar-refractivity contribution in [2.24, 2.45) is 0 Å². The van der Waals surface area contributed by atoms with Crippen molar-refractivity contribution in [2.75, 3.05) is 16.8 Å². The molecule has 0 saturated carbocycles. The first-order valence-electron chi connectivity index (χ1n) is 8.74. The fourth-order valence-electron chi connectivity index (χ4n) is 3.39. The van der Waals surface area contributed by atoms with Crippen molar-refractivity contribution < 1.29 is 9.72 Å². The van der Waals surface area contributed by atoms with Crippen LogP contribution >= 0.6 is 11.6 Å². The highest BCUT2D eigenvalue weighted by atomic mass is 35.5. The molecule has 4 rings (SSSR count). The number of hydrogen-bond acceptors (Lipinski definition) is 4. The van der Waals surface area contributed by atoms with E-state index in [1.165, 1.54) is 23.8 Å². The Balaban J connectivity index is 1.67. The predicted molar refractivity (Wildman–Crippen MR) is 110 cm³/mol. The number of fused-ring (bicyclic) bond motifs is 1. The molecule has 0 spiro atoms. The molecule has 0 radical (unpaired) electrons. The Morgan fingerprint density at radius 3 is 2.54 bits per heavy atom. The molecular formula is C21H16ClN3O3. The number of carbonyl (C=O) groups excluding carboxylic acids is 1. The van der Waals surface area contributed by atoms with Crippen LogP contribution in [0.5, 0.6) is 0 Å². The second kappa shape index (κ2) is 7.32. The van der Waals surface area contributed by atoms with Crippen molar-refractivity contribution in [1.82, 2.24) is 0 Å². The molecule has 0 bridgehead atoms. The van der Waals surface area contributed by atoms with Gasteiger partial charge in [-0.2, -0.15) is 0 Å². The Kier molecular flexibility index (Phi) is 4.71. The first kappa shape index (κ1) is 18.0. The minimum absolute atomic E-state index is 0.0625. The van der Waals surface area contributed by atoms with Crippen molar-refractivity contribution in [3.8, 4) is 0 Å². The monoisotopic (exact) mass is 393 g/mol. The zero-order valence-electron chi connectivity index (χ0n) is 14.8. The van der Waals surface area contributed by atoms with Crippen molar-refractivity contribution in [3.63, 3.8) is 0 Å². The number of rotatable bonds is 4. The van der Waals surface area contributed by atoms with Gasteiger partial charge < -0.3 is 10.2 Å². The molecule has 7 heteroatoms. The lowest BCUT2D eigenvalue weighted by Gasteiger charge is -2.23. The van der Waals surface area contributed by atoms with Crippen LogP contribution in [0.1, 0.15) is 15.9 Å². The Hall–Kier alpha value is -3.38. The smallest absolute Gasteiger partial charge is 0.270 e. The highest BCUT2D eigenvalue weighted by Crippen LogP contribution is 2.38. The van der Waals surface area contributed by atoms with Crippen LogP contribution in [-0.4, -0.2) is 17.4 Å². The molecule has 0 atom stereocenters. The molecule has 0 aromatic heterocycles. The third-order valence-corrected chi connectivity index (χ3v) is 5.07. The summed E-state index contributed by atoms with van der Waals surface area (Å²) in [5.74, 6) is -0.492. The van der Waals surface area contributed by atoms with Crippen LogP contribution in [0.15, 0.2) is 66.7 Å². The van der Waals surface area contributed by atoms with Crippen LogP contribution < -0.4 is 10.2 Å². The molecule has 1 N–H and O–H groups in total. The van der Waals surface area contributed by atoms with E-state index in [9.17, 15) is 14.9 Å². The Morgan fingerprint density at radius 1 is 1.04 bits per heavy atom. The number of nitro groups is 1. The molecule has 1 aliphatic heterocycles. The van der Waals surface area contributed by atoms with E-state index in [1.54, 1.807) is 6.07 Å². The molecule has 0 aliphatic carbocycles. The highest BCUT2D eigenvalue weighted by Gasteiger charge is 2.23. The number of halogens is 1. The van der Waals surface area contributed by atoms with Crippen LogP contribution in [0.25, 0.3) is 0 Å². The molecule has 3 aromatic carbocycles. The van der Waals surface area contributed by atoms with Crippen LogP contribution in [-0.2, 0) is 6.42 Å². The largest absolute Gasteiger partial charge is 0.339 e. The molecule has 0 fully saturated rings. The topological polar surface area (TPSA) is 75.5 Å². The lowest BCUT2D eigenvalue weighted by Crippen LogP contribution is -2.18. The summed E-state index contributed by atoms with van der Waals surface area (Å²) in [6, 6.07) is 19.4. The van der Waals surface area contributed by atoms with E-state index in [0.29, 0.717) is 5.69 Å². The highest BCUT2D eigenvalue weighted by molar-refractivity contribution is 6.34. The summed E-state index contributed by atoms with van der Waals surface area (Å²) in [4.78, 5) is 25.4. The average Bonchev–Trinajstić information content (AvgIpc) is 3.12. The minimum atomic E-state index is -0.553. The summed E-state index contributed by atoms with van der Waals surface area (Å²) in [5.41, 5.74) is 3.72. The fraction of sp³-hybridized carbons (Fsp3) is 0.0952. The summed E-state index contributed by atoms with van der Waals surface area (Å²) >= 11 is 6.10. The van der Waals surface area contributed by atoms with Crippen molar-refractivity contribution in [1.29, 1.82) is 0 Å². The Morgan fingerprint density at radius 2 is 1.75 bits per heavy atom. The molecule has 28 heavy (non-hydrogen) atoms.